The molecule has 1 aliphatic rings. The molecule has 138 valence electrons. The molecule has 0 bridgehead atoms. The Morgan fingerprint density at radius 3 is 2.35 bits per heavy atom. The van der Waals surface area contributed by atoms with E-state index in [4.69, 9.17) is 34.8 Å². The van der Waals surface area contributed by atoms with Crippen molar-refractivity contribution < 1.29 is 4.79 Å². The molecule has 7 heteroatoms. The molecule has 1 amide bonds. The molecule has 0 spiro atoms. The molecular weight excluding hydrogens is 393 g/mol. The summed E-state index contributed by atoms with van der Waals surface area (Å²) in [7, 11) is 2.11. The highest BCUT2D eigenvalue weighted by Crippen LogP contribution is 2.31. The summed E-state index contributed by atoms with van der Waals surface area (Å²) in [6.45, 7) is 3.76. The maximum Gasteiger partial charge on any atom is 0.228 e. The van der Waals surface area contributed by atoms with Gasteiger partial charge < -0.3 is 15.1 Å². The molecule has 4 nitrogen and oxygen atoms in total. The summed E-state index contributed by atoms with van der Waals surface area (Å²) in [5, 5.41) is 4.51. The van der Waals surface area contributed by atoms with Crippen molar-refractivity contribution in [3.8, 4) is 0 Å². The topological polar surface area (TPSA) is 35.6 Å². The number of hydrogen-bond acceptors (Lipinski definition) is 3. The van der Waals surface area contributed by atoms with Crippen LogP contribution in [0.15, 0.2) is 36.4 Å². The molecule has 1 heterocycles. The Balaban J connectivity index is 1.78. The van der Waals surface area contributed by atoms with Gasteiger partial charge in [0.2, 0.25) is 5.91 Å². The fraction of sp³-hybridized carbons (Fsp3) is 0.316. The summed E-state index contributed by atoms with van der Waals surface area (Å²) in [4.78, 5) is 17.1. The number of nitrogens with one attached hydrogen (secondary N) is 1. The van der Waals surface area contributed by atoms with Crippen LogP contribution in [0.25, 0.3) is 0 Å². The summed E-state index contributed by atoms with van der Waals surface area (Å²) in [5.41, 5.74) is 2.30. The second kappa shape index (κ2) is 8.49. The number of piperazine rings is 1. The number of halogens is 3. The molecule has 1 aliphatic heterocycles. The number of likely N-dealkylation sites (N-methyl/N-ethyl adjacent to an activating group) is 1. The van der Waals surface area contributed by atoms with E-state index in [1.807, 2.05) is 12.1 Å². The van der Waals surface area contributed by atoms with Crippen LogP contribution in [0.4, 0.5) is 11.4 Å². The van der Waals surface area contributed by atoms with E-state index in [9.17, 15) is 4.79 Å². The van der Waals surface area contributed by atoms with Crippen molar-refractivity contribution >= 4 is 52.1 Å². The number of carbonyl (C=O) groups excluding carboxylic acids is 1. The van der Waals surface area contributed by atoms with E-state index < -0.39 is 0 Å². The van der Waals surface area contributed by atoms with Gasteiger partial charge in [0.05, 0.1) is 17.8 Å². The zero-order chi connectivity index (χ0) is 18.7. The van der Waals surface area contributed by atoms with Crippen molar-refractivity contribution in [2.45, 2.75) is 6.42 Å². The van der Waals surface area contributed by atoms with Crippen LogP contribution in [-0.2, 0) is 11.2 Å². The smallest absolute Gasteiger partial charge is 0.228 e. The van der Waals surface area contributed by atoms with Crippen molar-refractivity contribution in [3.05, 3.63) is 57.0 Å². The monoisotopic (exact) mass is 411 g/mol. The Bertz CT molecular complexity index is 784. The Hall–Kier alpha value is -1.46. The van der Waals surface area contributed by atoms with Crippen LogP contribution in [0.5, 0.6) is 0 Å². The van der Waals surface area contributed by atoms with Crippen LogP contribution in [-0.4, -0.2) is 44.0 Å². The molecule has 0 saturated carbocycles. The normalized spacial score (nSPS) is 15.2. The Kier molecular flexibility index (Phi) is 6.30. The number of anilines is 2. The predicted molar refractivity (Wildman–Crippen MR) is 110 cm³/mol. The number of nitrogens with zero attached hydrogens (tertiary/aromatic N) is 2. The molecule has 2 aromatic rings. The lowest BCUT2D eigenvalue weighted by molar-refractivity contribution is -0.115. The van der Waals surface area contributed by atoms with Gasteiger partial charge in [-0.3, -0.25) is 4.79 Å². The summed E-state index contributed by atoms with van der Waals surface area (Å²) < 4.78 is 0. The average Bonchev–Trinajstić information content (AvgIpc) is 2.59. The third kappa shape index (κ3) is 4.63. The van der Waals surface area contributed by atoms with Crippen molar-refractivity contribution in [1.82, 2.24) is 4.90 Å². The molecule has 1 saturated heterocycles. The predicted octanol–water partition coefficient (Wildman–Crippen LogP) is 4.58. The van der Waals surface area contributed by atoms with Gasteiger partial charge in [-0.25, -0.2) is 0 Å². The highest BCUT2D eigenvalue weighted by molar-refractivity contribution is 6.36. The minimum Gasteiger partial charge on any atom is -0.367 e. The molecule has 0 unspecified atom stereocenters. The standard InChI is InChI=1S/C19H20Cl3N3O/c1-24-7-9-25(10-8-24)18-6-5-13(20)11-17(18)23-19(26)12-14-15(21)3-2-4-16(14)22/h2-6,11H,7-10,12H2,1H3,(H,23,26). The van der Waals surface area contributed by atoms with Gasteiger partial charge in [0.15, 0.2) is 0 Å². The second-order valence-electron chi connectivity index (χ2n) is 6.38. The van der Waals surface area contributed by atoms with E-state index in [0.717, 1.165) is 31.9 Å². The molecule has 2 aromatic carbocycles. The Labute approximate surface area is 168 Å². The van der Waals surface area contributed by atoms with Crippen LogP contribution >= 0.6 is 34.8 Å². The largest absolute Gasteiger partial charge is 0.367 e. The van der Waals surface area contributed by atoms with E-state index in [-0.39, 0.29) is 12.3 Å². The number of benzene rings is 2. The zero-order valence-corrected chi connectivity index (χ0v) is 16.7. The zero-order valence-electron chi connectivity index (χ0n) is 14.4. The molecule has 26 heavy (non-hydrogen) atoms. The first-order chi connectivity index (χ1) is 12.4. The van der Waals surface area contributed by atoms with Gasteiger partial charge >= 0.3 is 0 Å². The number of rotatable bonds is 4. The number of hydrogen-bond donors (Lipinski definition) is 1. The van der Waals surface area contributed by atoms with Gasteiger partial charge in [0.1, 0.15) is 0 Å². The van der Waals surface area contributed by atoms with Gasteiger partial charge in [0.25, 0.3) is 0 Å². The third-order valence-corrected chi connectivity index (χ3v) is 5.42. The summed E-state index contributed by atoms with van der Waals surface area (Å²) in [5.74, 6) is -0.183. The quantitative estimate of drug-likeness (QED) is 0.798. The van der Waals surface area contributed by atoms with Gasteiger partial charge in [0, 0.05) is 41.2 Å². The number of amides is 1. The SMILES string of the molecule is CN1CCN(c2ccc(Cl)cc2NC(=O)Cc2c(Cl)cccc2Cl)CC1. The van der Waals surface area contributed by atoms with Gasteiger partial charge in [-0.05, 0) is 42.9 Å². The lowest BCUT2D eigenvalue weighted by Gasteiger charge is -2.35. The fourth-order valence-corrected chi connectivity index (χ4v) is 3.69. The maximum absolute atomic E-state index is 12.6. The average molecular weight is 413 g/mol. The first-order valence-electron chi connectivity index (χ1n) is 8.40. The number of carbonyl (C=O) groups is 1. The molecule has 0 radical (unpaired) electrons. The van der Waals surface area contributed by atoms with E-state index in [1.54, 1.807) is 24.3 Å². The highest BCUT2D eigenvalue weighted by Gasteiger charge is 2.19. The van der Waals surface area contributed by atoms with Crippen LogP contribution in [0.1, 0.15) is 5.56 Å². The molecule has 0 aromatic heterocycles. The highest BCUT2D eigenvalue weighted by atomic mass is 35.5. The summed E-state index contributed by atoms with van der Waals surface area (Å²) in [6, 6.07) is 10.8. The molecule has 1 N–H and O–H groups in total. The van der Waals surface area contributed by atoms with Crippen molar-refractivity contribution in [2.75, 3.05) is 43.4 Å². The first-order valence-corrected chi connectivity index (χ1v) is 9.53. The first kappa shape index (κ1) is 19.3. The van der Waals surface area contributed by atoms with E-state index in [0.29, 0.717) is 26.3 Å². The van der Waals surface area contributed by atoms with E-state index >= 15 is 0 Å². The van der Waals surface area contributed by atoms with Crippen molar-refractivity contribution in [1.29, 1.82) is 0 Å². The van der Waals surface area contributed by atoms with Gasteiger partial charge in [-0.15, -0.1) is 0 Å². The minimum absolute atomic E-state index is 0.104. The van der Waals surface area contributed by atoms with Gasteiger partial charge in [-0.2, -0.15) is 0 Å². The molecule has 1 fully saturated rings. The second-order valence-corrected chi connectivity index (χ2v) is 7.63. The van der Waals surface area contributed by atoms with Crippen molar-refractivity contribution in [2.24, 2.45) is 0 Å². The Morgan fingerprint density at radius 1 is 1.04 bits per heavy atom. The van der Waals surface area contributed by atoms with Gasteiger partial charge in [-0.1, -0.05) is 40.9 Å². The summed E-state index contributed by atoms with van der Waals surface area (Å²) in [6.07, 6.45) is 0.104. The van der Waals surface area contributed by atoms with Crippen LogP contribution < -0.4 is 10.2 Å². The molecular formula is C19H20Cl3N3O. The van der Waals surface area contributed by atoms with Crippen LogP contribution in [0, 0.1) is 0 Å². The Morgan fingerprint density at radius 2 is 1.69 bits per heavy atom. The van der Waals surface area contributed by atoms with E-state index in [2.05, 4.69) is 22.2 Å². The fourth-order valence-electron chi connectivity index (χ4n) is 2.99. The van der Waals surface area contributed by atoms with Crippen molar-refractivity contribution in [3.63, 3.8) is 0 Å². The van der Waals surface area contributed by atoms with E-state index in [1.165, 1.54) is 0 Å². The summed E-state index contributed by atoms with van der Waals surface area (Å²) >= 11 is 18.5. The maximum atomic E-state index is 12.6. The van der Waals surface area contributed by atoms with Crippen LogP contribution in [0.2, 0.25) is 15.1 Å². The minimum atomic E-state index is -0.183. The lowest BCUT2D eigenvalue weighted by atomic mass is 10.1. The molecule has 3 rings (SSSR count). The third-order valence-electron chi connectivity index (χ3n) is 4.48. The molecule has 0 aliphatic carbocycles. The van der Waals surface area contributed by atoms with Crippen LogP contribution in [0.3, 0.4) is 0 Å². The lowest BCUT2D eigenvalue weighted by Crippen LogP contribution is -2.44. The molecule has 0 atom stereocenters.